The average Bonchev–Trinajstić information content (AvgIpc) is 2.62. The van der Waals surface area contributed by atoms with Crippen molar-refractivity contribution in [1.29, 1.82) is 0 Å². The van der Waals surface area contributed by atoms with Gasteiger partial charge in [-0.15, -0.1) is 0 Å². The Balaban J connectivity index is 3.64. The molecule has 25 heavy (non-hydrogen) atoms. The number of hydrogen-bond acceptors (Lipinski definition) is 2. The highest BCUT2D eigenvalue weighted by Gasteiger charge is 2.09. The van der Waals surface area contributed by atoms with E-state index in [0.29, 0.717) is 13.0 Å². The van der Waals surface area contributed by atoms with Gasteiger partial charge in [-0.2, -0.15) is 0 Å². The molecule has 0 aromatic carbocycles. The first-order chi connectivity index (χ1) is 12.2. The zero-order valence-corrected chi connectivity index (χ0v) is 18.6. The molecule has 2 nitrogen and oxygen atoms in total. The molecule has 0 amide bonds. The quantitative estimate of drug-likeness (QED) is 0.121. The molecule has 0 saturated carbocycles. The molecule has 150 valence electrons. The number of ether oxygens (including phenoxy) is 1. The molecule has 1 atom stereocenters. The van der Waals surface area contributed by atoms with Crippen molar-refractivity contribution >= 4 is 21.9 Å². The summed E-state index contributed by atoms with van der Waals surface area (Å²) >= 11 is 3.44. The number of rotatable bonds is 19. The molecule has 0 aromatic rings. The normalized spacial score (nSPS) is 12.3. The Morgan fingerprint density at radius 2 is 1.36 bits per heavy atom. The van der Waals surface area contributed by atoms with Crippen LogP contribution in [-0.2, 0) is 9.53 Å². The maximum Gasteiger partial charge on any atom is 0.305 e. The first kappa shape index (κ1) is 24.9. The summed E-state index contributed by atoms with van der Waals surface area (Å²) in [5.74, 6) is 0.885. The van der Waals surface area contributed by atoms with Gasteiger partial charge >= 0.3 is 5.97 Å². The van der Waals surface area contributed by atoms with Gasteiger partial charge in [0.05, 0.1) is 6.61 Å². The second kappa shape index (κ2) is 20.3. The molecule has 0 aliphatic carbocycles. The Labute approximate surface area is 166 Å². The van der Waals surface area contributed by atoms with Crippen LogP contribution in [0.4, 0.5) is 0 Å². The first-order valence-electron chi connectivity index (χ1n) is 11.0. The average molecular weight is 419 g/mol. The molecular formula is C22H43BrO2. The molecule has 0 bridgehead atoms. The van der Waals surface area contributed by atoms with Crippen LogP contribution in [0, 0.1) is 5.92 Å². The van der Waals surface area contributed by atoms with Crippen molar-refractivity contribution in [2.75, 3.05) is 11.9 Å². The van der Waals surface area contributed by atoms with E-state index in [1.807, 2.05) is 0 Å². The van der Waals surface area contributed by atoms with Gasteiger partial charge in [-0.3, -0.25) is 4.79 Å². The Morgan fingerprint density at radius 3 is 2.04 bits per heavy atom. The highest BCUT2D eigenvalue weighted by molar-refractivity contribution is 9.09. The maximum absolute atomic E-state index is 11.8. The standard InChI is InChI=1S/C22H43BrO2/c1-3-5-7-10-16-21(15-6-4-2)17-11-12-18-22(24)25-20-14-9-8-13-19-23/h21H,3-20H2,1-2H3. The van der Waals surface area contributed by atoms with Crippen molar-refractivity contribution in [3.05, 3.63) is 0 Å². The SMILES string of the molecule is CCCCCCC(CCCC)CCCCC(=O)OCCCCCCBr. The zero-order valence-electron chi connectivity index (χ0n) is 17.0. The number of halogens is 1. The van der Waals surface area contributed by atoms with Crippen LogP contribution in [0.5, 0.6) is 0 Å². The number of unbranched alkanes of at least 4 members (excludes halogenated alkanes) is 8. The predicted molar refractivity (Wildman–Crippen MR) is 113 cm³/mol. The molecule has 0 fully saturated rings. The fourth-order valence-corrected chi connectivity index (χ4v) is 3.69. The third kappa shape index (κ3) is 18.5. The summed E-state index contributed by atoms with van der Waals surface area (Å²) < 4.78 is 5.34. The molecule has 0 aromatic heterocycles. The van der Waals surface area contributed by atoms with E-state index in [9.17, 15) is 4.79 Å². The summed E-state index contributed by atoms with van der Waals surface area (Å²) in [6.45, 7) is 5.17. The lowest BCUT2D eigenvalue weighted by molar-refractivity contribution is -0.143. The minimum atomic E-state index is 0.00791. The van der Waals surface area contributed by atoms with Gasteiger partial charge in [0.2, 0.25) is 0 Å². The van der Waals surface area contributed by atoms with Gasteiger partial charge in [0.25, 0.3) is 0 Å². The van der Waals surface area contributed by atoms with Crippen molar-refractivity contribution in [3.63, 3.8) is 0 Å². The smallest absolute Gasteiger partial charge is 0.305 e. The predicted octanol–water partition coefficient (Wildman–Crippen LogP) is 7.82. The second-order valence-electron chi connectivity index (χ2n) is 7.43. The number of carbonyl (C=O) groups excluding carboxylic acids is 1. The number of alkyl halides is 1. The molecular weight excluding hydrogens is 376 g/mol. The molecule has 0 radical (unpaired) electrons. The van der Waals surface area contributed by atoms with E-state index in [4.69, 9.17) is 4.74 Å². The van der Waals surface area contributed by atoms with Crippen molar-refractivity contribution in [2.24, 2.45) is 5.92 Å². The van der Waals surface area contributed by atoms with E-state index >= 15 is 0 Å². The van der Waals surface area contributed by atoms with Crippen LogP contribution in [0.2, 0.25) is 0 Å². The van der Waals surface area contributed by atoms with E-state index in [1.54, 1.807) is 0 Å². The molecule has 3 heteroatoms. The Hall–Kier alpha value is -0.0500. The van der Waals surface area contributed by atoms with Gasteiger partial charge in [0, 0.05) is 11.8 Å². The minimum Gasteiger partial charge on any atom is -0.466 e. The molecule has 0 rings (SSSR count). The van der Waals surface area contributed by atoms with Gasteiger partial charge in [0.1, 0.15) is 0 Å². The first-order valence-corrected chi connectivity index (χ1v) is 12.1. The van der Waals surface area contributed by atoms with Gasteiger partial charge in [-0.1, -0.05) is 107 Å². The van der Waals surface area contributed by atoms with Crippen molar-refractivity contribution in [1.82, 2.24) is 0 Å². The maximum atomic E-state index is 11.8. The molecule has 0 aliphatic heterocycles. The fourth-order valence-electron chi connectivity index (χ4n) is 3.30. The lowest BCUT2D eigenvalue weighted by atomic mass is 9.90. The third-order valence-electron chi connectivity index (χ3n) is 4.97. The zero-order chi connectivity index (χ0) is 18.6. The lowest BCUT2D eigenvalue weighted by Crippen LogP contribution is -2.06. The lowest BCUT2D eigenvalue weighted by Gasteiger charge is -2.16. The molecule has 0 spiro atoms. The Bertz CT molecular complexity index is 281. The van der Waals surface area contributed by atoms with E-state index in [2.05, 4.69) is 29.8 Å². The van der Waals surface area contributed by atoms with Gasteiger partial charge < -0.3 is 4.74 Å². The summed E-state index contributed by atoms with van der Waals surface area (Å²) in [4.78, 5) is 11.8. The monoisotopic (exact) mass is 418 g/mol. The fraction of sp³-hybridized carbons (Fsp3) is 0.955. The highest BCUT2D eigenvalue weighted by atomic mass is 79.9. The number of carbonyl (C=O) groups is 1. The largest absolute Gasteiger partial charge is 0.466 e. The summed E-state index contributed by atoms with van der Waals surface area (Å²) in [6.07, 6.45) is 19.6. The van der Waals surface area contributed by atoms with Crippen LogP contribution in [-0.4, -0.2) is 17.9 Å². The molecule has 0 saturated heterocycles. The summed E-state index contributed by atoms with van der Waals surface area (Å²) in [5, 5.41) is 1.07. The van der Waals surface area contributed by atoms with E-state index in [1.165, 1.54) is 77.0 Å². The summed E-state index contributed by atoms with van der Waals surface area (Å²) in [6, 6.07) is 0. The van der Waals surface area contributed by atoms with Crippen LogP contribution in [0.15, 0.2) is 0 Å². The van der Waals surface area contributed by atoms with E-state index < -0.39 is 0 Å². The molecule has 1 unspecified atom stereocenters. The van der Waals surface area contributed by atoms with Crippen LogP contribution >= 0.6 is 15.9 Å². The van der Waals surface area contributed by atoms with Gasteiger partial charge in [-0.05, 0) is 25.2 Å². The Kier molecular flexibility index (Phi) is 20.2. The number of esters is 1. The molecule has 0 N–H and O–H groups in total. The van der Waals surface area contributed by atoms with Crippen molar-refractivity contribution < 1.29 is 9.53 Å². The third-order valence-corrected chi connectivity index (χ3v) is 5.53. The van der Waals surface area contributed by atoms with Crippen molar-refractivity contribution in [3.8, 4) is 0 Å². The summed E-state index contributed by atoms with van der Waals surface area (Å²) in [5.41, 5.74) is 0. The van der Waals surface area contributed by atoms with Crippen LogP contribution in [0.25, 0.3) is 0 Å². The molecule has 0 aliphatic rings. The number of hydrogen-bond donors (Lipinski definition) is 0. The highest BCUT2D eigenvalue weighted by Crippen LogP contribution is 2.23. The van der Waals surface area contributed by atoms with Crippen LogP contribution in [0.3, 0.4) is 0 Å². The van der Waals surface area contributed by atoms with E-state index in [-0.39, 0.29) is 5.97 Å². The van der Waals surface area contributed by atoms with Crippen molar-refractivity contribution in [2.45, 2.75) is 117 Å². The van der Waals surface area contributed by atoms with Gasteiger partial charge in [-0.25, -0.2) is 0 Å². The Morgan fingerprint density at radius 1 is 0.760 bits per heavy atom. The van der Waals surface area contributed by atoms with E-state index in [0.717, 1.165) is 30.5 Å². The summed E-state index contributed by atoms with van der Waals surface area (Å²) in [7, 11) is 0. The van der Waals surface area contributed by atoms with Crippen LogP contribution < -0.4 is 0 Å². The molecule has 0 heterocycles. The van der Waals surface area contributed by atoms with Gasteiger partial charge in [0.15, 0.2) is 0 Å². The second-order valence-corrected chi connectivity index (χ2v) is 8.22. The topological polar surface area (TPSA) is 26.3 Å². The minimum absolute atomic E-state index is 0.00791. The van der Waals surface area contributed by atoms with Crippen LogP contribution in [0.1, 0.15) is 117 Å².